The van der Waals surface area contributed by atoms with Crippen LogP contribution < -0.4 is 0 Å². The first-order valence-corrected chi connectivity index (χ1v) is 27.1. The first-order valence-electron chi connectivity index (χ1n) is 27.1. The lowest BCUT2D eigenvalue weighted by molar-refractivity contribution is -0.167. The first kappa shape index (κ1) is 62.8. The summed E-state index contributed by atoms with van der Waals surface area (Å²) in [5, 5.41) is 0. The summed E-state index contributed by atoms with van der Waals surface area (Å²) in [5.74, 6) is -1.03. The van der Waals surface area contributed by atoms with Crippen molar-refractivity contribution in [2.45, 2.75) is 232 Å². The second kappa shape index (κ2) is 54.4. The number of allylic oxidation sites excluding steroid dienone is 20. The molecule has 0 aromatic carbocycles. The molecule has 0 fully saturated rings. The number of carbonyl (C=O) groups is 3. The number of unbranched alkanes of at least 4 members (excludes halogenated alkanes) is 20. The third-order valence-corrected chi connectivity index (χ3v) is 11.1. The molecule has 0 radical (unpaired) electrons. The van der Waals surface area contributed by atoms with Crippen molar-refractivity contribution in [3.63, 3.8) is 0 Å². The SMILES string of the molecule is CC\C=C/C=C\C=C/C=C\C=C/CCCC(=O)OCC(COC(=O)CCCCC/C=C\C/C=C\C/C=C\C/C=C\C/C=C\CC)OC(=O)CCCCCCCCCCCCCCCCCCC. The minimum Gasteiger partial charge on any atom is -0.462 e. The molecule has 0 N–H and O–H groups in total. The summed E-state index contributed by atoms with van der Waals surface area (Å²) in [4.78, 5) is 38.0. The van der Waals surface area contributed by atoms with Crippen molar-refractivity contribution >= 4 is 17.9 Å². The first-order chi connectivity index (χ1) is 33.0. The van der Waals surface area contributed by atoms with Crippen LogP contribution in [0.15, 0.2) is 122 Å². The van der Waals surface area contributed by atoms with Crippen molar-refractivity contribution in [1.82, 2.24) is 0 Å². The van der Waals surface area contributed by atoms with E-state index >= 15 is 0 Å². The molecule has 0 saturated heterocycles. The smallest absolute Gasteiger partial charge is 0.306 e. The predicted octanol–water partition coefficient (Wildman–Crippen LogP) is 18.1. The Labute approximate surface area is 412 Å². The quantitative estimate of drug-likeness (QED) is 0.0199. The number of hydrogen-bond donors (Lipinski definition) is 0. The Morgan fingerprint density at radius 1 is 0.328 bits per heavy atom. The zero-order valence-corrected chi connectivity index (χ0v) is 43.1. The van der Waals surface area contributed by atoms with Gasteiger partial charge in [-0.25, -0.2) is 0 Å². The number of rotatable bonds is 47. The van der Waals surface area contributed by atoms with Gasteiger partial charge in [0.25, 0.3) is 0 Å². The molecule has 0 saturated carbocycles. The molecule has 0 aliphatic heterocycles. The third-order valence-electron chi connectivity index (χ3n) is 11.1. The highest BCUT2D eigenvalue weighted by Gasteiger charge is 2.19. The van der Waals surface area contributed by atoms with Gasteiger partial charge in [-0.05, 0) is 77.0 Å². The number of ether oxygens (including phenoxy) is 3. The Morgan fingerprint density at radius 2 is 0.672 bits per heavy atom. The van der Waals surface area contributed by atoms with Gasteiger partial charge in [0.15, 0.2) is 6.10 Å². The molecule has 0 spiro atoms. The molecule has 1 unspecified atom stereocenters. The topological polar surface area (TPSA) is 78.9 Å². The molecule has 0 rings (SSSR count). The van der Waals surface area contributed by atoms with Gasteiger partial charge in [0.1, 0.15) is 13.2 Å². The Morgan fingerprint density at radius 3 is 1.13 bits per heavy atom. The molecular weight excluding hydrogens is 829 g/mol. The monoisotopic (exact) mass is 927 g/mol. The Bertz CT molecular complexity index is 1440. The van der Waals surface area contributed by atoms with E-state index in [9.17, 15) is 14.4 Å². The Hall–Kier alpha value is -4.19. The van der Waals surface area contributed by atoms with E-state index in [-0.39, 0.29) is 37.5 Å². The van der Waals surface area contributed by atoms with Gasteiger partial charge >= 0.3 is 17.9 Å². The van der Waals surface area contributed by atoms with Crippen LogP contribution in [0.25, 0.3) is 0 Å². The van der Waals surface area contributed by atoms with Crippen LogP contribution in [0.3, 0.4) is 0 Å². The summed E-state index contributed by atoms with van der Waals surface area (Å²) in [7, 11) is 0. The molecule has 6 heteroatoms. The molecule has 0 heterocycles. The highest BCUT2D eigenvalue weighted by molar-refractivity contribution is 5.71. The summed E-state index contributed by atoms with van der Waals surface area (Å²) >= 11 is 0. The predicted molar refractivity (Wildman–Crippen MR) is 288 cm³/mol. The normalized spacial score (nSPS) is 13.1. The Kier molecular flexibility index (Phi) is 51.0. The summed E-state index contributed by atoms with van der Waals surface area (Å²) in [6.45, 7) is 6.29. The van der Waals surface area contributed by atoms with E-state index in [1.54, 1.807) is 0 Å². The van der Waals surface area contributed by atoms with Gasteiger partial charge in [0, 0.05) is 19.3 Å². The molecule has 378 valence electrons. The molecule has 67 heavy (non-hydrogen) atoms. The number of carbonyl (C=O) groups excluding carboxylic acids is 3. The third kappa shape index (κ3) is 52.6. The van der Waals surface area contributed by atoms with Crippen molar-refractivity contribution in [2.75, 3.05) is 13.2 Å². The Balaban J connectivity index is 4.52. The van der Waals surface area contributed by atoms with Crippen molar-refractivity contribution in [2.24, 2.45) is 0 Å². The summed E-state index contributed by atoms with van der Waals surface area (Å²) in [6, 6.07) is 0. The van der Waals surface area contributed by atoms with Crippen molar-refractivity contribution in [1.29, 1.82) is 0 Å². The van der Waals surface area contributed by atoms with Gasteiger partial charge in [-0.2, -0.15) is 0 Å². The van der Waals surface area contributed by atoms with Gasteiger partial charge in [0.05, 0.1) is 0 Å². The average Bonchev–Trinajstić information content (AvgIpc) is 3.33. The maximum Gasteiger partial charge on any atom is 0.306 e. The van der Waals surface area contributed by atoms with Gasteiger partial charge < -0.3 is 14.2 Å². The van der Waals surface area contributed by atoms with Crippen molar-refractivity contribution in [3.05, 3.63) is 122 Å². The highest BCUT2D eigenvalue weighted by atomic mass is 16.6. The molecule has 0 aromatic heterocycles. The standard InChI is InChI=1S/C61H98O6/c1-4-7-10-13-16-19-22-25-27-29-30-32-33-36-39-42-45-48-51-54-60(63)66-57-58(56-65-59(62)53-50-47-44-41-38-35-24-21-18-15-12-9-6-3)67-61(64)55-52-49-46-43-40-37-34-31-28-26-23-20-17-14-11-8-5-2/h7,9-10,12,15-16,18-19,21,24-25,27,30,32,35-36,38-39,41,44,58H,4-6,8,11,13-14,17,20,22-23,26,28-29,31,33-34,37,40,42-43,45-57H2,1-3H3/b10-7-,12-9-,18-15-,19-16-,24-21-,27-25-,32-30-,38-35-,39-36-,44-41-. The van der Waals surface area contributed by atoms with Crippen molar-refractivity contribution < 1.29 is 28.6 Å². The molecular formula is C61H98O6. The molecule has 0 aromatic rings. The van der Waals surface area contributed by atoms with Crippen LogP contribution in [0.5, 0.6) is 0 Å². The van der Waals surface area contributed by atoms with Crippen LogP contribution in [0, 0.1) is 0 Å². The van der Waals surface area contributed by atoms with Crippen molar-refractivity contribution in [3.8, 4) is 0 Å². The van der Waals surface area contributed by atoms with E-state index in [0.717, 1.165) is 89.9 Å². The summed E-state index contributed by atoms with van der Waals surface area (Å²) < 4.78 is 16.7. The second-order valence-electron chi connectivity index (χ2n) is 17.5. The molecule has 1 atom stereocenters. The maximum atomic E-state index is 12.8. The fourth-order valence-electron chi connectivity index (χ4n) is 7.09. The fourth-order valence-corrected chi connectivity index (χ4v) is 7.09. The number of esters is 3. The van der Waals surface area contributed by atoms with E-state index in [1.165, 1.54) is 89.9 Å². The van der Waals surface area contributed by atoms with Crippen LogP contribution in [0.2, 0.25) is 0 Å². The summed E-state index contributed by atoms with van der Waals surface area (Å²) in [5.41, 5.74) is 0. The molecule has 0 aliphatic rings. The largest absolute Gasteiger partial charge is 0.462 e. The van der Waals surface area contributed by atoms with Gasteiger partial charge in [-0.1, -0.05) is 251 Å². The zero-order valence-electron chi connectivity index (χ0n) is 43.1. The maximum absolute atomic E-state index is 12.8. The van der Waals surface area contributed by atoms with E-state index in [4.69, 9.17) is 14.2 Å². The van der Waals surface area contributed by atoms with Crippen LogP contribution >= 0.6 is 0 Å². The van der Waals surface area contributed by atoms with E-state index in [1.807, 2.05) is 54.7 Å². The summed E-state index contributed by atoms with van der Waals surface area (Å²) in [6.07, 6.45) is 74.8. The molecule has 0 bridgehead atoms. The van der Waals surface area contributed by atoms with Crippen LogP contribution in [-0.4, -0.2) is 37.2 Å². The van der Waals surface area contributed by atoms with Crippen LogP contribution in [-0.2, 0) is 28.6 Å². The average molecular weight is 927 g/mol. The lowest BCUT2D eigenvalue weighted by atomic mass is 10.0. The fraction of sp³-hybridized carbons (Fsp3) is 0.623. The van der Waals surface area contributed by atoms with E-state index in [0.29, 0.717) is 19.3 Å². The molecule has 0 amide bonds. The highest BCUT2D eigenvalue weighted by Crippen LogP contribution is 2.15. The molecule has 0 aliphatic carbocycles. The van der Waals surface area contributed by atoms with E-state index in [2.05, 4.69) is 87.6 Å². The second-order valence-corrected chi connectivity index (χ2v) is 17.5. The van der Waals surface area contributed by atoms with E-state index < -0.39 is 6.10 Å². The van der Waals surface area contributed by atoms with Crippen LogP contribution in [0.1, 0.15) is 226 Å². The van der Waals surface area contributed by atoms with Gasteiger partial charge in [-0.3, -0.25) is 14.4 Å². The lowest BCUT2D eigenvalue weighted by Gasteiger charge is -2.18. The minimum atomic E-state index is -0.822. The molecule has 6 nitrogen and oxygen atoms in total. The minimum absolute atomic E-state index is 0.119. The van der Waals surface area contributed by atoms with Crippen LogP contribution in [0.4, 0.5) is 0 Å². The van der Waals surface area contributed by atoms with Gasteiger partial charge in [0.2, 0.25) is 0 Å². The number of hydrogen-bond acceptors (Lipinski definition) is 6. The van der Waals surface area contributed by atoms with Gasteiger partial charge in [-0.15, -0.1) is 0 Å². The lowest BCUT2D eigenvalue weighted by Crippen LogP contribution is -2.30. The zero-order chi connectivity index (χ0) is 48.6.